The second-order valence-electron chi connectivity index (χ2n) is 0.552. The summed E-state index contributed by atoms with van der Waals surface area (Å²) >= 11 is 0. The molecule has 0 aliphatic rings. The first-order chi connectivity index (χ1) is 2.83. The van der Waals surface area contributed by atoms with Gasteiger partial charge in [-0.05, 0) is 13.8 Å². The van der Waals surface area contributed by atoms with Gasteiger partial charge >= 0.3 is 1.43 Å². The summed E-state index contributed by atoms with van der Waals surface area (Å²) in [6.45, 7) is 3.38. The van der Waals surface area contributed by atoms with Gasteiger partial charge in [0.15, 0.2) is 0 Å². The Morgan fingerprint density at radius 1 is 1.18 bits per heavy atom. The Morgan fingerprint density at radius 2 is 1.18 bits per heavy atom. The predicted octanol–water partition coefficient (Wildman–Crippen LogP) is 3.50. The fourth-order valence-corrected chi connectivity index (χ4v) is 0. The Kier molecular flexibility index (Phi) is 1840. The second kappa shape index (κ2) is 270. The quantitative estimate of drug-likeness (QED) is 0.566. The van der Waals surface area contributed by atoms with Crippen LogP contribution in [0, 0.1) is 0 Å². The van der Waals surface area contributed by atoms with Gasteiger partial charge in [0, 0.05) is 6.61 Å². The third-order valence-electron chi connectivity index (χ3n) is 0. The third-order valence-corrected chi connectivity index (χ3v) is 0. The van der Waals surface area contributed by atoms with Gasteiger partial charge in [0.25, 0.3) is 0 Å². The Labute approximate surface area is 76.1 Å². The molecule has 0 saturated carbocycles. The summed E-state index contributed by atoms with van der Waals surface area (Å²) < 4.78 is 0. The zero-order valence-electron chi connectivity index (χ0n) is 5.14. The molecule has 0 spiro atoms. The first-order valence-electron chi connectivity index (χ1n) is 1.84. The molecule has 0 saturated heterocycles. The third kappa shape index (κ3) is 4100. The highest BCUT2D eigenvalue weighted by molar-refractivity contribution is 5.44. The van der Waals surface area contributed by atoms with E-state index in [0.717, 1.165) is 6.29 Å². The molecule has 78 valence electrons. The molecular formula is C9H31O2+. The molecule has 0 rings (SSSR count). The second-order valence-corrected chi connectivity index (χ2v) is 0.552. The van der Waals surface area contributed by atoms with Crippen molar-refractivity contribution in [3.63, 3.8) is 0 Å². The van der Waals surface area contributed by atoms with E-state index in [4.69, 9.17) is 9.90 Å². The molecule has 0 atom stereocenters. The van der Waals surface area contributed by atoms with Gasteiger partial charge in [-0.3, -0.25) is 0 Å². The maximum Gasteiger partial charge on any atom is 1.00 e. The summed E-state index contributed by atoms with van der Waals surface area (Å²) in [7, 11) is 0. The molecule has 0 amide bonds. The molecule has 1 N–H and O–H groups in total. The van der Waals surface area contributed by atoms with E-state index in [9.17, 15) is 0 Å². The first kappa shape index (κ1) is 74.8. The van der Waals surface area contributed by atoms with Gasteiger partial charge in [0.2, 0.25) is 0 Å². The van der Waals surface area contributed by atoms with Crippen molar-refractivity contribution in [3.05, 3.63) is 0 Å². The average molecular weight is 171 g/mol. The van der Waals surface area contributed by atoms with Crippen molar-refractivity contribution < 1.29 is 11.3 Å². The number of hydrogen-bond acceptors (Lipinski definition) is 2. The van der Waals surface area contributed by atoms with Gasteiger partial charge in [-0.25, -0.2) is 0 Å². The zero-order chi connectivity index (χ0) is 5.41. The van der Waals surface area contributed by atoms with Gasteiger partial charge in [-0.1, -0.05) is 37.1 Å². The molecule has 2 heteroatoms. The minimum Gasteiger partial charge on any atom is -0.397 e. The van der Waals surface area contributed by atoms with Crippen LogP contribution in [-0.4, -0.2) is 18.0 Å². The van der Waals surface area contributed by atoms with E-state index in [1.54, 1.807) is 6.92 Å². The van der Waals surface area contributed by atoms with Crippen LogP contribution in [0.2, 0.25) is 0 Å². The molecule has 0 aliphatic heterocycles. The normalized spacial score (nSPS) is 2.82. The number of aliphatic hydroxyl groups excluding tert-OH is 1. The highest BCUT2D eigenvalue weighted by Crippen LogP contribution is 1.30. The van der Waals surface area contributed by atoms with Gasteiger partial charge in [0.05, 0.1) is 0 Å². The Morgan fingerprint density at radius 3 is 1.18 bits per heavy atom. The summed E-state index contributed by atoms with van der Waals surface area (Å²) in [5.74, 6) is 0. The molecule has 2 nitrogen and oxygen atoms in total. The van der Waals surface area contributed by atoms with E-state index in [1.165, 1.54) is 6.92 Å². The monoisotopic (exact) mass is 171 g/mol. The van der Waals surface area contributed by atoms with Crippen LogP contribution in [0.3, 0.4) is 0 Å². The number of rotatable bonds is 0. The summed E-state index contributed by atoms with van der Waals surface area (Å²) in [5.41, 5.74) is 0. The van der Waals surface area contributed by atoms with E-state index in [1.807, 2.05) is 0 Å². The van der Waals surface area contributed by atoms with E-state index >= 15 is 0 Å². The van der Waals surface area contributed by atoms with Crippen LogP contribution in [0.15, 0.2) is 0 Å². The first-order valence-corrected chi connectivity index (χ1v) is 1.84. The minimum absolute atomic E-state index is 0. The Balaban J connectivity index is -0.00000000296. The Hall–Kier alpha value is -0.370. The lowest BCUT2D eigenvalue weighted by molar-refractivity contribution is -0.106. The van der Waals surface area contributed by atoms with Crippen LogP contribution in [-0.2, 0) is 4.79 Å². The number of aliphatic hydroxyl groups is 1. The van der Waals surface area contributed by atoms with Crippen molar-refractivity contribution in [1.82, 2.24) is 0 Å². The minimum atomic E-state index is 0. The van der Waals surface area contributed by atoms with Crippen LogP contribution in [0.4, 0.5) is 0 Å². The van der Waals surface area contributed by atoms with Crippen molar-refractivity contribution in [3.8, 4) is 0 Å². The molecule has 0 fully saturated rings. The Bertz CT molecular complexity index is 26.5. The number of hydrogen-bond donors (Lipinski definition) is 1. The van der Waals surface area contributed by atoms with Crippen molar-refractivity contribution in [2.24, 2.45) is 0 Å². The predicted molar refractivity (Wildman–Crippen MR) is 59.3 cm³/mol. The van der Waals surface area contributed by atoms with E-state index in [2.05, 4.69) is 0 Å². The number of aldehydes is 1. The number of carbonyl (C=O) groups excluding carboxylic acids is 1. The average Bonchev–Trinajstić information content (AvgIpc) is 1.39. The molecule has 0 aromatic rings. The molecule has 11 heavy (non-hydrogen) atoms. The number of carbonyl (C=O) groups is 1. The molecular weight excluding hydrogens is 140 g/mol. The van der Waals surface area contributed by atoms with Gasteiger partial charge in [-0.15, -0.1) is 0 Å². The molecule has 0 aliphatic carbocycles. The van der Waals surface area contributed by atoms with Crippen LogP contribution in [0.25, 0.3) is 0 Å². The molecule has 0 aromatic carbocycles. The lowest BCUT2D eigenvalue weighted by Gasteiger charge is -1.52. The van der Waals surface area contributed by atoms with Crippen LogP contribution >= 0.6 is 0 Å². The molecule has 0 bridgehead atoms. The van der Waals surface area contributed by atoms with Gasteiger partial charge < -0.3 is 9.90 Å². The fourth-order valence-electron chi connectivity index (χ4n) is 0. The highest BCUT2D eigenvalue weighted by atomic mass is 16.2. The molecule has 0 heterocycles. The van der Waals surface area contributed by atoms with E-state index < -0.39 is 0 Å². The van der Waals surface area contributed by atoms with Crippen molar-refractivity contribution in [1.29, 1.82) is 0 Å². The topological polar surface area (TPSA) is 37.3 Å². The van der Waals surface area contributed by atoms with Crippen LogP contribution in [0.5, 0.6) is 0 Å². The van der Waals surface area contributed by atoms with E-state index in [-0.39, 0.29) is 45.2 Å². The molecule has 0 radical (unpaired) electrons. The largest absolute Gasteiger partial charge is 1.00 e. The van der Waals surface area contributed by atoms with Crippen molar-refractivity contribution in [2.45, 2.75) is 51.0 Å². The standard InChI is InChI=1S/C2H6O.C2H4O.5CH4/c2*1-2-3;;;;;/h3H,2H2,1H3;2H,1H3;5*1H4/p+1. The molecule has 0 unspecified atom stereocenters. The van der Waals surface area contributed by atoms with E-state index in [0.29, 0.717) is 0 Å². The summed E-state index contributed by atoms with van der Waals surface area (Å²) in [6, 6.07) is 0. The van der Waals surface area contributed by atoms with Gasteiger partial charge in [0.1, 0.15) is 6.29 Å². The fraction of sp³-hybridized carbons (Fsp3) is 0.889. The van der Waals surface area contributed by atoms with Gasteiger partial charge in [-0.2, -0.15) is 0 Å². The van der Waals surface area contributed by atoms with Crippen molar-refractivity contribution in [2.75, 3.05) is 6.61 Å². The van der Waals surface area contributed by atoms with Crippen molar-refractivity contribution >= 4 is 6.29 Å². The maximum atomic E-state index is 8.81. The summed E-state index contributed by atoms with van der Waals surface area (Å²) in [6.07, 6.45) is 0.750. The maximum absolute atomic E-state index is 8.81. The van der Waals surface area contributed by atoms with Crippen LogP contribution in [0.1, 0.15) is 52.4 Å². The highest BCUT2D eigenvalue weighted by Gasteiger charge is 1.34. The summed E-state index contributed by atoms with van der Waals surface area (Å²) in [5, 5.41) is 7.57. The summed E-state index contributed by atoms with van der Waals surface area (Å²) in [4.78, 5) is 8.81. The van der Waals surface area contributed by atoms with Crippen LogP contribution < -0.4 is 0 Å². The smallest absolute Gasteiger partial charge is 0.397 e. The lowest BCUT2D eigenvalue weighted by atomic mass is 10.9. The SMILES string of the molecule is C.C.C.C.C.CC=O.CCO.[H+]. The zero-order valence-corrected chi connectivity index (χ0v) is 4.14. The molecule has 0 aromatic heterocycles. The lowest BCUT2D eigenvalue weighted by Crippen LogP contribution is -1.57.